The van der Waals surface area contributed by atoms with Gasteiger partial charge in [-0.3, -0.25) is 9.78 Å². The van der Waals surface area contributed by atoms with Crippen molar-refractivity contribution in [2.45, 2.75) is 13.8 Å². The number of carbonyl (C=O) groups is 1. The quantitative estimate of drug-likeness (QED) is 0.843. The molecule has 0 saturated carbocycles. The van der Waals surface area contributed by atoms with Gasteiger partial charge in [0.05, 0.1) is 28.2 Å². The summed E-state index contributed by atoms with van der Waals surface area (Å²) in [7, 11) is 0. The summed E-state index contributed by atoms with van der Waals surface area (Å²) in [5, 5.41) is 7.09. The van der Waals surface area contributed by atoms with Gasteiger partial charge in [-0.15, -0.1) is 0 Å². The van der Waals surface area contributed by atoms with Crippen LogP contribution in [-0.4, -0.2) is 17.4 Å². The molecule has 1 aromatic carbocycles. The van der Waals surface area contributed by atoms with Crippen molar-refractivity contribution in [1.29, 1.82) is 0 Å². The smallest absolute Gasteiger partial charge is 0.252 e. The Balaban J connectivity index is 2.14. The largest absolute Gasteiger partial charge is 0.353 e. The molecule has 2 rings (SSSR count). The number of carbonyl (C=O) groups excluding carboxylic acids is 1. The molecule has 0 unspecified atom stereocenters. The average Bonchev–Trinajstić information content (AvgIpc) is 2.49. The molecule has 0 bridgehead atoms. The first-order valence-electron chi connectivity index (χ1n) is 6.91. The third kappa shape index (κ3) is 4.61. The van der Waals surface area contributed by atoms with Gasteiger partial charge in [0.25, 0.3) is 5.91 Å². The van der Waals surface area contributed by atoms with Gasteiger partial charge in [-0.1, -0.05) is 37.0 Å². The van der Waals surface area contributed by atoms with Crippen molar-refractivity contribution >= 4 is 40.5 Å². The van der Waals surface area contributed by atoms with Crippen LogP contribution in [0.2, 0.25) is 10.0 Å². The van der Waals surface area contributed by atoms with Gasteiger partial charge < -0.3 is 10.6 Å². The summed E-state index contributed by atoms with van der Waals surface area (Å²) in [6, 6.07) is 6.86. The zero-order valence-corrected chi connectivity index (χ0v) is 13.9. The Morgan fingerprint density at radius 3 is 2.73 bits per heavy atom. The molecule has 2 N–H and O–H groups in total. The third-order valence-electron chi connectivity index (χ3n) is 2.88. The van der Waals surface area contributed by atoms with Crippen LogP contribution in [0.3, 0.4) is 0 Å². The van der Waals surface area contributed by atoms with Gasteiger partial charge in [-0.05, 0) is 30.2 Å². The maximum Gasteiger partial charge on any atom is 0.252 e. The summed E-state index contributed by atoms with van der Waals surface area (Å²) in [6.07, 6.45) is 3.15. The van der Waals surface area contributed by atoms with Crippen molar-refractivity contribution in [3.05, 3.63) is 52.3 Å². The van der Waals surface area contributed by atoms with E-state index in [4.69, 9.17) is 23.2 Å². The number of anilines is 2. The summed E-state index contributed by atoms with van der Waals surface area (Å²) < 4.78 is 0. The minimum absolute atomic E-state index is 0.151. The van der Waals surface area contributed by atoms with Crippen molar-refractivity contribution in [3.8, 4) is 0 Å². The molecular formula is C16H17Cl2N3O. The van der Waals surface area contributed by atoms with E-state index in [1.807, 2.05) is 13.8 Å². The van der Waals surface area contributed by atoms with Crippen molar-refractivity contribution in [1.82, 2.24) is 10.3 Å². The van der Waals surface area contributed by atoms with E-state index in [1.165, 1.54) is 6.20 Å². The molecule has 4 nitrogen and oxygen atoms in total. The standard InChI is InChI=1S/C16H17Cl2N3O/c1-10(2)7-20-16(22)11-5-13(9-19-8-11)21-15-6-12(17)3-4-14(15)18/h3-6,8-10,21H,7H2,1-2H3,(H,20,22). The first-order valence-corrected chi connectivity index (χ1v) is 7.66. The third-order valence-corrected chi connectivity index (χ3v) is 3.44. The molecule has 6 heteroatoms. The van der Waals surface area contributed by atoms with Crippen LogP contribution < -0.4 is 10.6 Å². The van der Waals surface area contributed by atoms with E-state index in [1.54, 1.807) is 30.5 Å². The van der Waals surface area contributed by atoms with Crippen LogP contribution in [-0.2, 0) is 0 Å². The summed E-state index contributed by atoms with van der Waals surface area (Å²) in [6.45, 7) is 4.70. The molecule has 22 heavy (non-hydrogen) atoms. The Kier molecular flexibility index (Phi) is 5.63. The van der Waals surface area contributed by atoms with Gasteiger partial charge in [-0.2, -0.15) is 0 Å². The molecule has 0 saturated heterocycles. The van der Waals surface area contributed by atoms with E-state index in [9.17, 15) is 4.79 Å². The van der Waals surface area contributed by atoms with E-state index < -0.39 is 0 Å². The molecule has 0 aliphatic heterocycles. The Hall–Kier alpha value is -1.78. The topological polar surface area (TPSA) is 54.0 Å². The first-order chi connectivity index (χ1) is 10.5. The second-order valence-corrected chi connectivity index (χ2v) is 6.16. The van der Waals surface area contributed by atoms with Crippen LogP contribution in [0.5, 0.6) is 0 Å². The molecule has 1 aromatic heterocycles. The number of nitrogens with zero attached hydrogens (tertiary/aromatic N) is 1. The van der Waals surface area contributed by atoms with Crippen LogP contribution >= 0.6 is 23.2 Å². The van der Waals surface area contributed by atoms with E-state index in [0.29, 0.717) is 39.4 Å². The van der Waals surface area contributed by atoms with E-state index in [-0.39, 0.29) is 5.91 Å². The van der Waals surface area contributed by atoms with Crippen molar-refractivity contribution in [2.24, 2.45) is 5.92 Å². The second-order valence-electron chi connectivity index (χ2n) is 5.32. The van der Waals surface area contributed by atoms with Gasteiger partial charge in [0, 0.05) is 17.8 Å². The van der Waals surface area contributed by atoms with Crippen molar-refractivity contribution in [3.63, 3.8) is 0 Å². The van der Waals surface area contributed by atoms with E-state index in [2.05, 4.69) is 15.6 Å². The summed E-state index contributed by atoms with van der Waals surface area (Å²) in [5.74, 6) is 0.241. The highest BCUT2D eigenvalue weighted by atomic mass is 35.5. The molecule has 1 heterocycles. The Morgan fingerprint density at radius 2 is 2.00 bits per heavy atom. The normalized spacial score (nSPS) is 10.6. The highest BCUT2D eigenvalue weighted by molar-refractivity contribution is 6.35. The molecular weight excluding hydrogens is 321 g/mol. The summed E-state index contributed by atoms with van der Waals surface area (Å²) in [4.78, 5) is 16.1. The van der Waals surface area contributed by atoms with Gasteiger partial charge >= 0.3 is 0 Å². The number of halogens is 2. The van der Waals surface area contributed by atoms with Crippen molar-refractivity contribution < 1.29 is 4.79 Å². The molecule has 116 valence electrons. The van der Waals surface area contributed by atoms with Gasteiger partial charge in [0.15, 0.2) is 0 Å². The van der Waals surface area contributed by atoms with E-state index in [0.717, 1.165) is 0 Å². The number of benzene rings is 1. The SMILES string of the molecule is CC(C)CNC(=O)c1cncc(Nc2cc(Cl)ccc2Cl)c1. The maximum absolute atomic E-state index is 12.0. The Bertz CT molecular complexity index is 674. The fraction of sp³-hybridized carbons (Fsp3) is 0.250. The van der Waals surface area contributed by atoms with Crippen LogP contribution in [0, 0.1) is 5.92 Å². The summed E-state index contributed by atoms with van der Waals surface area (Å²) in [5.41, 5.74) is 1.82. The lowest BCUT2D eigenvalue weighted by atomic mass is 10.2. The van der Waals surface area contributed by atoms with Crippen LogP contribution in [0.25, 0.3) is 0 Å². The molecule has 0 fully saturated rings. The van der Waals surface area contributed by atoms with Crippen LogP contribution in [0.15, 0.2) is 36.7 Å². The number of aromatic nitrogens is 1. The number of hydrogen-bond donors (Lipinski definition) is 2. The molecule has 1 amide bonds. The minimum Gasteiger partial charge on any atom is -0.353 e. The number of amides is 1. The second kappa shape index (κ2) is 7.47. The molecule has 0 spiro atoms. The van der Waals surface area contributed by atoms with Crippen LogP contribution in [0.4, 0.5) is 11.4 Å². The predicted octanol–water partition coefficient (Wildman–Crippen LogP) is 4.52. The fourth-order valence-corrected chi connectivity index (χ4v) is 2.12. The molecule has 2 aromatic rings. The zero-order chi connectivity index (χ0) is 16.1. The number of pyridine rings is 1. The lowest BCUT2D eigenvalue weighted by molar-refractivity contribution is 0.0948. The lowest BCUT2D eigenvalue weighted by Gasteiger charge is -2.11. The Labute approximate surface area is 139 Å². The molecule has 0 radical (unpaired) electrons. The van der Waals surface area contributed by atoms with Gasteiger partial charge in [0.2, 0.25) is 0 Å². The fourth-order valence-electron chi connectivity index (χ4n) is 1.78. The monoisotopic (exact) mass is 337 g/mol. The number of nitrogens with one attached hydrogen (secondary N) is 2. The first kappa shape index (κ1) is 16.6. The van der Waals surface area contributed by atoms with Crippen LogP contribution in [0.1, 0.15) is 24.2 Å². The summed E-state index contributed by atoms with van der Waals surface area (Å²) >= 11 is 12.1. The van der Waals surface area contributed by atoms with E-state index >= 15 is 0 Å². The zero-order valence-electron chi connectivity index (χ0n) is 12.4. The van der Waals surface area contributed by atoms with Crippen molar-refractivity contribution in [2.75, 3.05) is 11.9 Å². The highest BCUT2D eigenvalue weighted by Crippen LogP contribution is 2.28. The maximum atomic E-state index is 12.0. The molecule has 0 atom stereocenters. The highest BCUT2D eigenvalue weighted by Gasteiger charge is 2.08. The van der Waals surface area contributed by atoms with Gasteiger partial charge in [0.1, 0.15) is 0 Å². The molecule has 0 aliphatic rings. The lowest BCUT2D eigenvalue weighted by Crippen LogP contribution is -2.27. The average molecular weight is 338 g/mol. The predicted molar refractivity (Wildman–Crippen MR) is 91.2 cm³/mol. The Morgan fingerprint density at radius 1 is 1.23 bits per heavy atom. The number of hydrogen-bond acceptors (Lipinski definition) is 3. The van der Waals surface area contributed by atoms with Gasteiger partial charge in [-0.25, -0.2) is 0 Å². The number of rotatable bonds is 5. The minimum atomic E-state index is -0.151. The molecule has 0 aliphatic carbocycles.